The van der Waals surface area contributed by atoms with Crippen molar-refractivity contribution < 1.29 is 14.7 Å². The number of rotatable bonds is 4. The minimum Gasteiger partial charge on any atom is -0.508 e. The number of phenolic OH excluding ortho intramolecular Hbond substituents is 1. The van der Waals surface area contributed by atoms with Gasteiger partial charge in [-0.1, -0.05) is 48.5 Å². The summed E-state index contributed by atoms with van der Waals surface area (Å²) in [5, 5.41) is 18.2. The second-order valence-corrected chi connectivity index (χ2v) is 7.47. The molecule has 9 heteroatoms. The first-order valence-corrected chi connectivity index (χ1v) is 10.5. The number of hydrogen-bond acceptors (Lipinski definition) is 5. The Hall–Kier alpha value is -4.37. The Morgan fingerprint density at radius 1 is 0.844 bits per heavy atom. The van der Waals surface area contributed by atoms with Crippen LogP contribution in [0.3, 0.4) is 0 Å². The number of carbonyl (C=O) groups is 2. The van der Waals surface area contributed by atoms with Crippen LogP contribution in [0.2, 0.25) is 0 Å². The summed E-state index contributed by atoms with van der Waals surface area (Å²) >= 11 is 1.18. The Kier molecular flexibility index (Phi) is 6.28. The third-order valence-electron chi connectivity index (χ3n) is 4.30. The molecule has 0 unspecified atom stereocenters. The molecule has 1 heterocycles. The fraction of sp³-hybridized carbons (Fsp3) is 0. The molecule has 0 radical (unpaired) electrons. The maximum absolute atomic E-state index is 13.0. The molecular weight excluding hydrogens is 426 g/mol. The average molecular weight is 446 g/mol. The van der Waals surface area contributed by atoms with E-state index in [0.29, 0.717) is 22.6 Å². The van der Waals surface area contributed by atoms with E-state index in [1.165, 1.54) is 11.3 Å². The van der Waals surface area contributed by atoms with Crippen molar-refractivity contribution in [2.24, 2.45) is 0 Å². The van der Waals surface area contributed by atoms with Gasteiger partial charge in [-0.2, -0.15) is 5.01 Å². The summed E-state index contributed by atoms with van der Waals surface area (Å²) < 4.78 is 0. The zero-order valence-corrected chi connectivity index (χ0v) is 17.5. The van der Waals surface area contributed by atoms with Gasteiger partial charge >= 0.3 is 12.1 Å². The molecule has 0 fully saturated rings. The summed E-state index contributed by atoms with van der Waals surface area (Å²) in [5.74, 6) is 0.107. The SMILES string of the molecule is O=C(Nc1ccccc1)NN(C(=O)Nc1ccccc1)c1nc(-c2cccc(O)c2)cs1. The predicted molar refractivity (Wildman–Crippen MR) is 126 cm³/mol. The van der Waals surface area contributed by atoms with E-state index < -0.39 is 12.1 Å². The number of nitrogens with zero attached hydrogens (tertiary/aromatic N) is 2. The molecule has 4 N–H and O–H groups in total. The molecule has 0 aliphatic carbocycles. The van der Waals surface area contributed by atoms with E-state index in [1.807, 2.05) is 12.1 Å². The number of thiazole rings is 1. The zero-order valence-electron chi connectivity index (χ0n) is 16.7. The van der Waals surface area contributed by atoms with Crippen molar-refractivity contribution in [2.75, 3.05) is 15.6 Å². The predicted octanol–water partition coefficient (Wildman–Crippen LogP) is 5.29. The normalized spacial score (nSPS) is 10.2. The second kappa shape index (κ2) is 9.63. The maximum Gasteiger partial charge on any atom is 0.347 e. The number of nitrogens with one attached hydrogen (secondary N) is 3. The van der Waals surface area contributed by atoms with Crippen molar-refractivity contribution in [3.63, 3.8) is 0 Å². The summed E-state index contributed by atoms with van der Waals surface area (Å²) in [4.78, 5) is 30.0. The molecule has 4 aromatic rings. The van der Waals surface area contributed by atoms with E-state index >= 15 is 0 Å². The van der Waals surface area contributed by atoms with Gasteiger partial charge in [0.2, 0.25) is 5.13 Å². The van der Waals surface area contributed by atoms with Crippen LogP contribution < -0.4 is 21.1 Å². The molecule has 0 atom stereocenters. The highest BCUT2D eigenvalue weighted by molar-refractivity contribution is 7.14. The number of para-hydroxylation sites is 2. The third-order valence-corrected chi connectivity index (χ3v) is 5.12. The van der Waals surface area contributed by atoms with Gasteiger partial charge in [0.05, 0.1) is 5.69 Å². The Morgan fingerprint density at radius 2 is 1.50 bits per heavy atom. The highest BCUT2D eigenvalue weighted by atomic mass is 32.1. The quantitative estimate of drug-likeness (QED) is 0.320. The van der Waals surface area contributed by atoms with Gasteiger partial charge in [-0.15, -0.1) is 11.3 Å². The van der Waals surface area contributed by atoms with Crippen LogP contribution in [0, 0.1) is 0 Å². The first kappa shape index (κ1) is 20.9. The highest BCUT2D eigenvalue weighted by Crippen LogP contribution is 2.29. The van der Waals surface area contributed by atoms with E-state index in [1.54, 1.807) is 78.2 Å². The van der Waals surface area contributed by atoms with Gasteiger partial charge in [0.15, 0.2) is 0 Å². The van der Waals surface area contributed by atoms with E-state index in [2.05, 4.69) is 21.0 Å². The lowest BCUT2D eigenvalue weighted by molar-refractivity contribution is 0.243. The number of hydrazine groups is 1. The number of urea groups is 2. The van der Waals surface area contributed by atoms with Gasteiger partial charge in [0, 0.05) is 22.3 Å². The van der Waals surface area contributed by atoms with Gasteiger partial charge in [0.25, 0.3) is 0 Å². The fourth-order valence-electron chi connectivity index (χ4n) is 2.83. The van der Waals surface area contributed by atoms with Crippen molar-refractivity contribution in [1.29, 1.82) is 0 Å². The second-order valence-electron chi connectivity index (χ2n) is 6.63. The van der Waals surface area contributed by atoms with Crippen LogP contribution >= 0.6 is 11.3 Å². The molecule has 1 aromatic heterocycles. The number of aromatic hydroxyl groups is 1. The molecule has 160 valence electrons. The number of benzene rings is 3. The largest absolute Gasteiger partial charge is 0.508 e. The lowest BCUT2D eigenvalue weighted by Gasteiger charge is -2.21. The molecule has 4 rings (SSSR count). The molecule has 8 nitrogen and oxygen atoms in total. The summed E-state index contributed by atoms with van der Waals surface area (Å²) in [5.41, 5.74) is 4.94. The molecule has 0 saturated carbocycles. The summed E-state index contributed by atoms with van der Waals surface area (Å²) in [6, 6.07) is 23.2. The Balaban J connectivity index is 1.58. The number of amides is 4. The number of hydrogen-bond donors (Lipinski definition) is 4. The van der Waals surface area contributed by atoms with Crippen LogP contribution in [0.5, 0.6) is 5.75 Å². The molecule has 3 aromatic carbocycles. The summed E-state index contributed by atoms with van der Waals surface area (Å²) in [6.07, 6.45) is 0. The van der Waals surface area contributed by atoms with Crippen LogP contribution in [0.15, 0.2) is 90.3 Å². The van der Waals surface area contributed by atoms with Crippen LogP contribution in [0.4, 0.5) is 26.1 Å². The Morgan fingerprint density at radius 3 is 2.16 bits per heavy atom. The van der Waals surface area contributed by atoms with Crippen LogP contribution in [0.1, 0.15) is 0 Å². The Bertz CT molecular complexity index is 1210. The number of carbonyl (C=O) groups excluding carboxylic acids is 2. The van der Waals surface area contributed by atoms with Crippen molar-refractivity contribution >= 4 is 39.9 Å². The minimum atomic E-state index is -0.603. The zero-order chi connectivity index (χ0) is 22.3. The van der Waals surface area contributed by atoms with Crippen molar-refractivity contribution in [1.82, 2.24) is 10.4 Å². The van der Waals surface area contributed by atoms with Crippen molar-refractivity contribution in [2.45, 2.75) is 0 Å². The first-order valence-electron chi connectivity index (χ1n) is 9.62. The van der Waals surface area contributed by atoms with Gasteiger partial charge in [0.1, 0.15) is 5.75 Å². The molecule has 4 amide bonds. The molecule has 0 spiro atoms. The van der Waals surface area contributed by atoms with E-state index in [0.717, 1.165) is 5.01 Å². The fourth-order valence-corrected chi connectivity index (χ4v) is 3.62. The number of phenols is 1. The number of aromatic nitrogens is 1. The van der Waals surface area contributed by atoms with Gasteiger partial charge < -0.3 is 15.7 Å². The summed E-state index contributed by atoms with van der Waals surface area (Å²) in [7, 11) is 0. The number of anilines is 3. The molecule has 0 bridgehead atoms. The van der Waals surface area contributed by atoms with Crippen molar-refractivity contribution in [3.05, 3.63) is 90.3 Å². The van der Waals surface area contributed by atoms with Crippen LogP contribution in [0.25, 0.3) is 11.3 Å². The van der Waals surface area contributed by atoms with Gasteiger partial charge in [-0.3, -0.25) is 0 Å². The molecule has 0 saturated heterocycles. The lowest BCUT2D eigenvalue weighted by atomic mass is 10.2. The standard InChI is InChI=1S/C23H19N5O3S/c29-19-13-7-8-16(14-19)20-15-32-23(26-20)28(22(31)25-18-11-5-2-6-12-18)27-21(30)24-17-9-3-1-4-10-17/h1-15,29H,(H,25,31)(H2,24,27,30). The topological polar surface area (TPSA) is 107 Å². The van der Waals surface area contributed by atoms with Crippen LogP contribution in [-0.2, 0) is 0 Å². The molecule has 32 heavy (non-hydrogen) atoms. The van der Waals surface area contributed by atoms with E-state index in [4.69, 9.17) is 0 Å². The molecule has 0 aliphatic heterocycles. The highest BCUT2D eigenvalue weighted by Gasteiger charge is 2.22. The van der Waals surface area contributed by atoms with Gasteiger partial charge in [-0.05, 0) is 36.4 Å². The summed E-state index contributed by atoms with van der Waals surface area (Å²) in [6.45, 7) is 0. The maximum atomic E-state index is 13.0. The monoisotopic (exact) mass is 445 g/mol. The average Bonchev–Trinajstić information content (AvgIpc) is 3.29. The Labute approximate surface area is 188 Å². The minimum absolute atomic E-state index is 0.107. The van der Waals surface area contributed by atoms with E-state index in [9.17, 15) is 14.7 Å². The van der Waals surface area contributed by atoms with Crippen molar-refractivity contribution in [3.8, 4) is 17.0 Å². The molecular formula is C23H19N5O3S. The third kappa shape index (κ3) is 5.21. The lowest BCUT2D eigenvalue weighted by Crippen LogP contribution is -2.50. The van der Waals surface area contributed by atoms with Crippen LogP contribution in [-0.4, -0.2) is 22.2 Å². The first-order chi connectivity index (χ1) is 15.6. The smallest absolute Gasteiger partial charge is 0.347 e. The molecule has 0 aliphatic rings. The van der Waals surface area contributed by atoms with Gasteiger partial charge in [-0.25, -0.2) is 20.0 Å². The van der Waals surface area contributed by atoms with E-state index in [-0.39, 0.29) is 10.9 Å².